The van der Waals surface area contributed by atoms with Gasteiger partial charge in [0.2, 0.25) is 17.7 Å². The van der Waals surface area contributed by atoms with Gasteiger partial charge < -0.3 is 0 Å². The van der Waals surface area contributed by atoms with Crippen LogP contribution in [0, 0.1) is 11.6 Å². The van der Waals surface area contributed by atoms with E-state index in [0.717, 1.165) is 24.3 Å². The molecule has 0 aliphatic heterocycles. The van der Waals surface area contributed by atoms with Crippen LogP contribution in [0.25, 0.3) is 0 Å². The van der Waals surface area contributed by atoms with Crippen molar-refractivity contribution in [3.05, 3.63) is 60.2 Å². The molecule has 0 aliphatic carbocycles. The van der Waals surface area contributed by atoms with Gasteiger partial charge in [-0.15, -0.1) is 0 Å². The lowest BCUT2D eigenvalue weighted by Gasteiger charge is -2.06. The van der Waals surface area contributed by atoms with Gasteiger partial charge in [0, 0.05) is 0 Å². The van der Waals surface area contributed by atoms with Crippen LogP contribution in [0.1, 0.15) is 0 Å². The fraction of sp³-hybridized carbons (Fsp3) is 0. The molecule has 0 fully saturated rings. The van der Waals surface area contributed by atoms with Crippen LogP contribution in [-0.2, 0) is 17.7 Å². The molecule has 0 bridgehead atoms. The van der Waals surface area contributed by atoms with Gasteiger partial charge in [-0.1, -0.05) is 24.3 Å². The fourth-order valence-corrected chi connectivity index (χ4v) is 8.37. The largest absolute Gasteiger partial charge is 0.247 e. The van der Waals surface area contributed by atoms with Crippen LogP contribution in [0.5, 0.6) is 0 Å². The highest BCUT2D eigenvalue weighted by Crippen LogP contribution is 2.35. The van der Waals surface area contributed by atoms with E-state index in [0.29, 0.717) is 0 Å². The molecule has 0 unspecified atom stereocenters. The maximum Gasteiger partial charge on any atom is 0.247 e. The first-order chi connectivity index (χ1) is 9.74. The summed E-state index contributed by atoms with van der Waals surface area (Å²) in [6.45, 7) is 0. The van der Waals surface area contributed by atoms with E-state index >= 15 is 0 Å². The summed E-state index contributed by atoms with van der Waals surface area (Å²) in [5, 5.41) is 0. The zero-order chi connectivity index (χ0) is 15.7. The zero-order valence-corrected chi connectivity index (χ0v) is 12.7. The molecule has 0 amide bonds. The summed E-state index contributed by atoms with van der Waals surface area (Å²) in [7, 11) is -9.55. The minimum atomic E-state index is -4.53. The van der Waals surface area contributed by atoms with E-state index < -0.39 is 49.0 Å². The number of rotatable bonds is 4. The quantitative estimate of drug-likeness (QED) is 0.793. The first-order valence-corrected chi connectivity index (χ1v) is 10.3. The van der Waals surface area contributed by atoms with Gasteiger partial charge in [-0.25, -0.2) is 25.6 Å². The normalized spacial score (nSPS) is 12.3. The average molecular weight is 350 g/mol. The Morgan fingerprint density at radius 3 is 1.33 bits per heavy atom. The van der Waals surface area contributed by atoms with E-state index in [9.17, 15) is 25.6 Å². The van der Waals surface area contributed by atoms with Crippen LogP contribution in [0.4, 0.5) is 8.78 Å². The highest BCUT2D eigenvalue weighted by molar-refractivity contribution is 9.04. The summed E-state index contributed by atoms with van der Waals surface area (Å²) in [5.41, 5.74) is 0. The highest BCUT2D eigenvalue weighted by atomic mass is 33.5. The van der Waals surface area contributed by atoms with Gasteiger partial charge in [-0.3, -0.25) is 0 Å². The van der Waals surface area contributed by atoms with Crippen molar-refractivity contribution < 1.29 is 25.6 Å². The van der Waals surface area contributed by atoms with Gasteiger partial charge in [0.25, 0.3) is 0 Å². The molecular formula is C12H8F2O4S3. The molecule has 21 heavy (non-hydrogen) atoms. The van der Waals surface area contributed by atoms with Gasteiger partial charge in [0.1, 0.15) is 31.3 Å². The van der Waals surface area contributed by atoms with Crippen molar-refractivity contribution in [3.63, 3.8) is 0 Å². The van der Waals surface area contributed by atoms with Crippen molar-refractivity contribution in [1.29, 1.82) is 0 Å². The molecule has 2 aromatic carbocycles. The lowest BCUT2D eigenvalue weighted by atomic mass is 10.4. The Morgan fingerprint density at radius 2 is 1.00 bits per heavy atom. The van der Waals surface area contributed by atoms with Crippen LogP contribution in [0.15, 0.2) is 58.3 Å². The van der Waals surface area contributed by atoms with E-state index in [1.807, 2.05) is 0 Å². The van der Waals surface area contributed by atoms with Crippen molar-refractivity contribution >= 4 is 27.6 Å². The highest BCUT2D eigenvalue weighted by Gasteiger charge is 2.31. The summed E-state index contributed by atoms with van der Waals surface area (Å²) in [4.78, 5) is -1.54. The Labute approximate surface area is 123 Å². The van der Waals surface area contributed by atoms with Crippen LogP contribution in [-0.4, -0.2) is 16.8 Å². The second-order valence-electron chi connectivity index (χ2n) is 3.84. The van der Waals surface area contributed by atoms with Gasteiger partial charge in [-0.2, -0.15) is 0 Å². The third-order valence-electron chi connectivity index (χ3n) is 2.39. The maximum atomic E-state index is 13.5. The molecule has 0 N–H and O–H groups in total. The monoisotopic (exact) mass is 350 g/mol. The lowest BCUT2D eigenvalue weighted by molar-refractivity contribution is 0.575. The third kappa shape index (κ3) is 3.42. The molecule has 0 aliphatic rings. The Kier molecular flexibility index (Phi) is 4.35. The predicted octanol–water partition coefficient (Wildman–Crippen LogP) is 2.78. The molecule has 2 rings (SSSR count). The van der Waals surface area contributed by atoms with Gasteiger partial charge in [-0.05, 0) is 24.3 Å². The Hall–Kier alpha value is -1.45. The topological polar surface area (TPSA) is 68.3 Å². The summed E-state index contributed by atoms with van der Waals surface area (Å²) in [6, 6.07) is 8.71. The van der Waals surface area contributed by atoms with Gasteiger partial charge in [0.05, 0.1) is 0 Å². The smallest absolute Gasteiger partial charge is 0.211 e. The minimum absolute atomic E-state index is 0.497. The molecular weight excluding hydrogens is 342 g/mol. The Bertz CT molecular complexity index is 803. The summed E-state index contributed by atoms with van der Waals surface area (Å²) in [5.74, 6) is -2.15. The SMILES string of the molecule is O=S(=O)(SS(=O)(=O)c1ccccc1F)c1ccccc1F. The van der Waals surface area contributed by atoms with E-state index in [1.54, 1.807) is 0 Å². The molecule has 0 saturated carbocycles. The standard InChI is InChI=1S/C12H8F2O4S3/c13-9-5-1-3-7-11(9)20(15,16)19-21(17,18)12-8-4-2-6-10(12)14/h1-8H. The van der Waals surface area contributed by atoms with Crippen molar-refractivity contribution in [2.75, 3.05) is 0 Å². The van der Waals surface area contributed by atoms with E-state index in [4.69, 9.17) is 0 Å². The molecule has 4 nitrogen and oxygen atoms in total. The molecule has 0 radical (unpaired) electrons. The average Bonchev–Trinajstić information content (AvgIpc) is 2.38. The summed E-state index contributed by atoms with van der Waals surface area (Å²) in [6.07, 6.45) is 0. The van der Waals surface area contributed by atoms with E-state index in [1.165, 1.54) is 24.3 Å². The Morgan fingerprint density at radius 1 is 0.667 bits per heavy atom. The number of halogens is 2. The number of benzene rings is 2. The summed E-state index contributed by atoms with van der Waals surface area (Å²) < 4.78 is 74.9. The fourth-order valence-electron chi connectivity index (χ4n) is 1.49. The van der Waals surface area contributed by atoms with Crippen LogP contribution < -0.4 is 0 Å². The molecule has 0 saturated heterocycles. The summed E-state index contributed by atoms with van der Waals surface area (Å²) >= 11 is 0. The Balaban J connectivity index is 2.46. The number of hydrogen-bond acceptors (Lipinski definition) is 5. The molecule has 2 aromatic rings. The van der Waals surface area contributed by atoms with Crippen LogP contribution in [0.2, 0.25) is 0 Å². The number of hydrogen-bond donors (Lipinski definition) is 0. The molecule has 9 heteroatoms. The van der Waals surface area contributed by atoms with Crippen molar-refractivity contribution in [3.8, 4) is 0 Å². The third-order valence-corrected chi connectivity index (χ3v) is 9.87. The minimum Gasteiger partial charge on any atom is -0.211 e. The zero-order valence-electron chi connectivity index (χ0n) is 10.2. The second kappa shape index (κ2) is 5.74. The maximum absolute atomic E-state index is 13.5. The van der Waals surface area contributed by atoms with Gasteiger partial charge >= 0.3 is 0 Å². The molecule has 0 atom stereocenters. The first kappa shape index (κ1) is 15.9. The van der Waals surface area contributed by atoms with Crippen molar-refractivity contribution in [1.82, 2.24) is 0 Å². The van der Waals surface area contributed by atoms with Gasteiger partial charge in [0.15, 0.2) is 0 Å². The van der Waals surface area contributed by atoms with Crippen LogP contribution >= 0.6 is 9.83 Å². The molecule has 0 heterocycles. The molecule has 0 spiro atoms. The molecule has 112 valence electrons. The van der Waals surface area contributed by atoms with Crippen molar-refractivity contribution in [2.45, 2.75) is 9.79 Å². The second-order valence-corrected chi connectivity index (χ2v) is 10.9. The first-order valence-electron chi connectivity index (χ1n) is 5.44. The van der Waals surface area contributed by atoms with E-state index in [-0.39, 0.29) is 0 Å². The van der Waals surface area contributed by atoms with Crippen LogP contribution in [0.3, 0.4) is 0 Å². The lowest BCUT2D eigenvalue weighted by Crippen LogP contribution is -2.06. The predicted molar refractivity (Wildman–Crippen MR) is 74.8 cm³/mol. The van der Waals surface area contributed by atoms with E-state index in [2.05, 4.69) is 0 Å². The van der Waals surface area contributed by atoms with Crippen molar-refractivity contribution in [2.24, 2.45) is 0 Å². The molecule has 0 aromatic heterocycles.